The molecule has 0 spiro atoms. The monoisotopic (exact) mass is 404 g/mol. The van der Waals surface area contributed by atoms with Gasteiger partial charge < -0.3 is 4.90 Å². The number of piperidine rings is 1. The summed E-state index contributed by atoms with van der Waals surface area (Å²) in [6, 6.07) is 17.8. The fourth-order valence-electron chi connectivity index (χ4n) is 3.73. The second kappa shape index (κ2) is 8.70. The molecule has 148 valence electrons. The van der Waals surface area contributed by atoms with Crippen molar-refractivity contribution in [3.63, 3.8) is 0 Å². The molecule has 4 rings (SSSR count). The van der Waals surface area contributed by atoms with Gasteiger partial charge in [-0.2, -0.15) is 0 Å². The molecule has 0 unspecified atom stereocenters. The van der Waals surface area contributed by atoms with E-state index in [1.807, 2.05) is 40.6 Å². The molecule has 1 saturated heterocycles. The molecule has 1 fully saturated rings. The normalized spacial score (nSPS) is 14.7. The molecule has 2 aromatic carbocycles. The van der Waals surface area contributed by atoms with E-state index in [0.29, 0.717) is 31.6 Å². The quantitative estimate of drug-likeness (QED) is 0.556. The number of likely N-dealkylation sites (tertiary alicyclic amines) is 1. The summed E-state index contributed by atoms with van der Waals surface area (Å²) >= 11 is 1.50. The molecule has 1 aliphatic rings. The van der Waals surface area contributed by atoms with Gasteiger partial charge in [-0.05, 0) is 24.8 Å². The highest BCUT2D eigenvalue weighted by molar-refractivity contribution is 7.13. The van der Waals surface area contributed by atoms with Crippen LogP contribution in [0, 0.1) is 5.92 Å². The Hall–Kier alpha value is -2.79. The summed E-state index contributed by atoms with van der Waals surface area (Å²) in [6.45, 7) is 3.33. The van der Waals surface area contributed by atoms with E-state index in [1.165, 1.54) is 16.9 Å². The van der Waals surface area contributed by atoms with Gasteiger partial charge in [0.2, 0.25) is 0 Å². The summed E-state index contributed by atoms with van der Waals surface area (Å²) in [7, 11) is 0. The highest BCUT2D eigenvalue weighted by Gasteiger charge is 2.29. The van der Waals surface area contributed by atoms with Gasteiger partial charge in [-0.25, -0.2) is 4.98 Å². The van der Waals surface area contributed by atoms with Gasteiger partial charge in [0, 0.05) is 35.5 Å². The summed E-state index contributed by atoms with van der Waals surface area (Å²) in [6.07, 6.45) is 2.41. The van der Waals surface area contributed by atoms with Crippen LogP contribution >= 0.6 is 11.3 Å². The van der Waals surface area contributed by atoms with Crippen molar-refractivity contribution in [1.82, 2.24) is 9.88 Å². The van der Waals surface area contributed by atoms with Crippen LogP contribution in [0.2, 0.25) is 0 Å². The number of aryl methyl sites for hydroxylation is 1. The molecular weight excluding hydrogens is 380 g/mol. The summed E-state index contributed by atoms with van der Waals surface area (Å²) in [5.74, 6) is 0.136. The number of Topliss-reactive ketones (excluding diaryl/α,β-unsaturated/α-hetero) is 1. The van der Waals surface area contributed by atoms with Gasteiger partial charge in [0.1, 0.15) is 10.7 Å². The average molecular weight is 405 g/mol. The van der Waals surface area contributed by atoms with Crippen LogP contribution in [0.25, 0.3) is 10.6 Å². The maximum absolute atomic E-state index is 12.9. The summed E-state index contributed by atoms with van der Waals surface area (Å²) in [5, 5.41) is 2.71. The fourth-order valence-corrected chi connectivity index (χ4v) is 4.53. The Balaban J connectivity index is 1.38. The van der Waals surface area contributed by atoms with Crippen molar-refractivity contribution >= 4 is 23.0 Å². The molecule has 0 N–H and O–H groups in total. The van der Waals surface area contributed by atoms with Crippen LogP contribution in [0.4, 0.5) is 0 Å². The first-order valence-corrected chi connectivity index (χ1v) is 11.0. The number of ketones is 1. The SMILES string of the molecule is CCc1ccc(-c2nc(C(=O)N3CCC(C(=O)c4ccccc4)CC3)cs2)cc1. The average Bonchev–Trinajstić information content (AvgIpc) is 3.29. The standard InChI is InChI=1S/C24H24N2O2S/c1-2-17-8-10-20(11-9-17)23-25-21(16-29-23)24(28)26-14-12-19(13-15-26)22(27)18-6-4-3-5-7-18/h3-11,16,19H,2,12-15H2,1H3. The van der Waals surface area contributed by atoms with Crippen molar-refractivity contribution in [2.45, 2.75) is 26.2 Å². The third kappa shape index (κ3) is 4.30. The van der Waals surface area contributed by atoms with E-state index in [-0.39, 0.29) is 17.6 Å². The number of hydrogen-bond donors (Lipinski definition) is 0. The lowest BCUT2D eigenvalue weighted by Gasteiger charge is -2.30. The zero-order valence-corrected chi connectivity index (χ0v) is 17.3. The van der Waals surface area contributed by atoms with E-state index in [9.17, 15) is 9.59 Å². The van der Waals surface area contributed by atoms with Gasteiger partial charge in [-0.3, -0.25) is 9.59 Å². The third-order valence-electron chi connectivity index (χ3n) is 5.54. The van der Waals surface area contributed by atoms with Crippen LogP contribution in [-0.4, -0.2) is 34.7 Å². The number of amides is 1. The molecular formula is C24H24N2O2S. The first-order valence-electron chi connectivity index (χ1n) is 10.1. The van der Waals surface area contributed by atoms with Gasteiger partial charge in [-0.1, -0.05) is 61.5 Å². The molecule has 1 aliphatic heterocycles. The van der Waals surface area contributed by atoms with E-state index < -0.39 is 0 Å². The van der Waals surface area contributed by atoms with E-state index in [4.69, 9.17) is 0 Å². The fraction of sp³-hybridized carbons (Fsp3) is 0.292. The van der Waals surface area contributed by atoms with Crippen molar-refractivity contribution in [3.05, 3.63) is 76.8 Å². The molecule has 5 heteroatoms. The maximum atomic E-state index is 12.9. The number of rotatable bonds is 5. The molecule has 1 amide bonds. The van der Waals surface area contributed by atoms with Crippen molar-refractivity contribution in [2.24, 2.45) is 5.92 Å². The number of hydrogen-bond acceptors (Lipinski definition) is 4. The van der Waals surface area contributed by atoms with E-state index >= 15 is 0 Å². The Bertz CT molecular complexity index is 987. The van der Waals surface area contributed by atoms with Crippen LogP contribution in [0.1, 0.15) is 46.2 Å². The molecule has 29 heavy (non-hydrogen) atoms. The molecule has 0 aliphatic carbocycles. The molecule has 0 bridgehead atoms. The Kier molecular flexibility index (Phi) is 5.86. The van der Waals surface area contributed by atoms with Crippen LogP contribution in [0.15, 0.2) is 60.0 Å². The zero-order valence-electron chi connectivity index (χ0n) is 16.5. The molecule has 4 nitrogen and oxygen atoms in total. The second-order valence-electron chi connectivity index (χ2n) is 7.39. The molecule has 2 heterocycles. The topological polar surface area (TPSA) is 50.3 Å². The van der Waals surface area contributed by atoms with Crippen LogP contribution in [0.3, 0.4) is 0 Å². The Morgan fingerprint density at radius 3 is 2.38 bits per heavy atom. The van der Waals surface area contributed by atoms with Gasteiger partial charge in [-0.15, -0.1) is 11.3 Å². The van der Waals surface area contributed by atoms with Gasteiger partial charge >= 0.3 is 0 Å². The van der Waals surface area contributed by atoms with Crippen molar-refractivity contribution in [2.75, 3.05) is 13.1 Å². The lowest BCUT2D eigenvalue weighted by atomic mass is 9.89. The minimum atomic E-state index is -0.0386. The predicted octanol–water partition coefficient (Wildman–Crippen LogP) is 5.11. The summed E-state index contributed by atoms with van der Waals surface area (Å²) in [5.41, 5.74) is 3.58. The van der Waals surface area contributed by atoms with Gasteiger partial charge in [0.15, 0.2) is 5.78 Å². The minimum absolute atomic E-state index is 0.00970. The molecule has 3 aromatic rings. The van der Waals surface area contributed by atoms with Crippen LogP contribution < -0.4 is 0 Å². The highest BCUT2D eigenvalue weighted by atomic mass is 32.1. The number of aromatic nitrogens is 1. The van der Waals surface area contributed by atoms with Gasteiger partial charge in [0.25, 0.3) is 5.91 Å². The van der Waals surface area contributed by atoms with E-state index in [0.717, 1.165) is 22.6 Å². The zero-order chi connectivity index (χ0) is 20.2. The second-order valence-corrected chi connectivity index (χ2v) is 8.24. The summed E-state index contributed by atoms with van der Waals surface area (Å²) < 4.78 is 0. The molecule has 0 atom stereocenters. The lowest BCUT2D eigenvalue weighted by Crippen LogP contribution is -2.40. The Morgan fingerprint density at radius 2 is 1.72 bits per heavy atom. The molecule has 1 aromatic heterocycles. The largest absolute Gasteiger partial charge is 0.337 e. The Labute approximate surface area is 175 Å². The summed E-state index contributed by atoms with van der Waals surface area (Å²) in [4.78, 5) is 31.9. The van der Waals surface area contributed by atoms with Crippen LogP contribution in [0.5, 0.6) is 0 Å². The highest BCUT2D eigenvalue weighted by Crippen LogP contribution is 2.27. The van der Waals surface area contributed by atoms with Crippen LogP contribution in [-0.2, 0) is 6.42 Å². The number of benzene rings is 2. The number of nitrogens with zero attached hydrogens (tertiary/aromatic N) is 2. The molecule has 0 radical (unpaired) electrons. The van der Waals surface area contributed by atoms with Gasteiger partial charge in [0.05, 0.1) is 0 Å². The lowest BCUT2D eigenvalue weighted by molar-refractivity contribution is 0.0646. The van der Waals surface area contributed by atoms with Crippen molar-refractivity contribution in [3.8, 4) is 10.6 Å². The minimum Gasteiger partial charge on any atom is -0.337 e. The number of carbonyl (C=O) groups is 2. The predicted molar refractivity (Wildman–Crippen MR) is 116 cm³/mol. The van der Waals surface area contributed by atoms with E-state index in [2.05, 4.69) is 36.2 Å². The first kappa shape index (κ1) is 19.5. The third-order valence-corrected chi connectivity index (χ3v) is 6.44. The van der Waals surface area contributed by atoms with E-state index in [1.54, 1.807) is 0 Å². The number of carbonyl (C=O) groups excluding carboxylic acids is 2. The smallest absolute Gasteiger partial charge is 0.273 e. The van der Waals surface area contributed by atoms with Crippen molar-refractivity contribution in [1.29, 1.82) is 0 Å². The maximum Gasteiger partial charge on any atom is 0.273 e. The Morgan fingerprint density at radius 1 is 1.03 bits per heavy atom. The van der Waals surface area contributed by atoms with Crippen molar-refractivity contribution < 1.29 is 9.59 Å². The number of thiazole rings is 1. The molecule has 0 saturated carbocycles. The first-order chi connectivity index (χ1) is 14.2.